The monoisotopic (exact) mass is 446 g/mol. The molecule has 1 fully saturated rings. The van der Waals surface area contributed by atoms with Crippen molar-refractivity contribution in [2.24, 2.45) is 0 Å². The summed E-state index contributed by atoms with van der Waals surface area (Å²) >= 11 is 0. The molecule has 0 saturated carbocycles. The molecule has 170 valence electrons. The van der Waals surface area contributed by atoms with E-state index in [2.05, 4.69) is 31.5 Å². The van der Waals surface area contributed by atoms with Crippen molar-refractivity contribution in [1.29, 1.82) is 0 Å². The Hall–Kier alpha value is -3.43. The van der Waals surface area contributed by atoms with Crippen LogP contribution in [0.25, 0.3) is 17.6 Å². The van der Waals surface area contributed by atoms with Crippen molar-refractivity contribution in [3.63, 3.8) is 0 Å². The van der Waals surface area contributed by atoms with Crippen LogP contribution in [0.4, 0.5) is 5.69 Å². The summed E-state index contributed by atoms with van der Waals surface area (Å²) in [6.45, 7) is 5.12. The second kappa shape index (κ2) is 8.49. The summed E-state index contributed by atoms with van der Waals surface area (Å²) in [4.78, 5) is 23.6. The van der Waals surface area contributed by atoms with Crippen LogP contribution in [0.15, 0.2) is 30.0 Å². The summed E-state index contributed by atoms with van der Waals surface area (Å²) in [5, 5.41) is 10.2. The van der Waals surface area contributed by atoms with Crippen molar-refractivity contribution in [2.75, 3.05) is 44.8 Å². The van der Waals surface area contributed by atoms with E-state index in [1.165, 1.54) is 5.57 Å². The van der Waals surface area contributed by atoms with Gasteiger partial charge in [-0.15, -0.1) is 0 Å². The first-order valence-electron chi connectivity index (χ1n) is 11.4. The Balaban J connectivity index is 1.21. The largest absolute Gasteiger partial charge is 0.492 e. The minimum atomic E-state index is -0.222. The summed E-state index contributed by atoms with van der Waals surface area (Å²) in [5.74, 6) is 1.10. The van der Waals surface area contributed by atoms with Crippen LogP contribution in [-0.4, -0.2) is 70.4 Å². The molecule has 2 aromatic heterocycles. The van der Waals surface area contributed by atoms with Gasteiger partial charge >= 0.3 is 0 Å². The number of fused-ring (bicyclic) bond motifs is 2. The Labute approximate surface area is 191 Å². The van der Waals surface area contributed by atoms with E-state index in [0.717, 1.165) is 69.1 Å². The number of hydrogen-bond donors (Lipinski definition) is 3. The molecule has 33 heavy (non-hydrogen) atoms. The number of aryl methyl sites for hydroxylation is 1. The lowest BCUT2D eigenvalue weighted by atomic mass is 9.99. The third-order valence-electron chi connectivity index (χ3n) is 6.45. The lowest BCUT2D eigenvalue weighted by Crippen LogP contribution is -2.37. The van der Waals surface area contributed by atoms with E-state index in [4.69, 9.17) is 14.5 Å². The van der Waals surface area contributed by atoms with Crippen molar-refractivity contribution in [3.8, 4) is 17.3 Å². The number of nitrogens with one attached hydrogen (secondary N) is 3. The van der Waals surface area contributed by atoms with E-state index in [1.54, 1.807) is 12.3 Å². The van der Waals surface area contributed by atoms with Gasteiger partial charge in [-0.2, -0.15) is 5.10 Å². The zero-order chi connectivity index (χ0) is 22.2. The Kier molecular flexibility index (Phi) is 5.20. The Bertz CT molecular complexity index is 1220. The average Bonchev–Trinajstić information content (AvgIpc) is 3.58. The smallest absolute Gasteiger partial charge is 0.259 e. The first-order chi connectivity index (χ1) is 16.2. The maximum atomic E-state index is 13.0. The molecule has 6 rings (SSSR count). The van der Waals surface area contributed by atoms with Gasteiger partial charge in [-0.25, -0.2) is 4.98 Å². The molecule has 3 aromatic rings. The molecule has 3 aliphatic rings. The minimum absolute atomic E-state index is 0.222. The van der Waals surface area contributed by atoms with Crippen molar-refractivity contribution < 1.29 is 14.3 Å². The zero-order valence-electron chi connectivity index (χ0n) is 18.3. The SMILES string of the molecule is O=C(Nc1c[nH]nc1-c1nc2c([nH]1)CCC(CN1CCOCC1)=C2)c1cccc2c1OCC2. The van der Waals surface area contributed by atoms with E-state index < -0.39 is 0 Å². The number of hydrogen-bond acceptors (Lipinski definition) is 6. The summed E-state index contributed by atoms with van der Waals surface area (Å²) in [5.41, 5.74) is 6.21. The lowest BCUT2D eigenvalue weighted by Gasteiger charge is -2.28. The van der Waals surface area contributed by atoms with Gasteiger partial charge in [-0.3, -0.25) is 14.8 Å². The Morgan fingerprint density at radius 3 is 2.97 bits per heavy atom. The highest BCUT2D eigenvalue weighted by Gasteiger charge is 2.24. The lowest BCUT2D eigenvalue weighted by molar-refractivity contribution is 0.0420. The summed E-state index contributed by atoms with van der Waals surface area (Å²) in [7, 11) is 0. The number of para-hydroxylation sites is 1. The predicted molar refractivity (Wildman–Crippen MR) is 123 cm³/mol. The van der Waals surface area contributed by atoms with Crippen molar-refractivity contribution in [3.05, 3.63) is 52.5 Å². The minimum Gasteiger partial charge on any atom is -0.492 e. The first-order valence-corrected chi connectivity index (χ1v) is 11.4. The maximum Gasteiger partial charge on any atom is 0.259 e. The number of amides is 1. The van der Waals surface area contributed by atoms with Crippen molar-refractivity contribution in [1.82, 2.24) is 25.1 Å². The molecule has 1 aromatic carbocycles. The summed E-state index contributed by atoms with van der Waals surface area (Å²) < 4.78 is 11.1. The van der Waals surface area contributed by atoms with Gasteiger partial charge in [0, 0.05) is 37.9 Å². The molecule has 9 nitrogen and oxygen atoms in total. The fourth-order valence-corrected chi connectivity index (χ4v) is 4.72. The Morgan fingerprint density at radius 2 is 2.06 bits per heavy atom. The number of morpholine rings is 1. The third-order valence-corrected chi connectivity index (χ3v) is 6.45. The van der Waals surface area contributed by atoms with Gasteiger partial charge in [0.2, 0.25) is 0 Å². The van der Waals surface area contributed by atoms with E-state index in [9.17, 15) is 4.79 Å². The summed E-state index contributed by atoms with van der Waals surface area (Å²) in [6.07, 6.45) is 6.61. The van der Waals surface area contributed by atoms with Crippen LogP contribution in [0.3, 0.4) is 0 Å². The zero-order valence-corrected chi connectivity index (χ0v) is 18.3. The molecule has 0 radical (unpaired) electrons. The standard InChI is InChI=1S/C24H26N6O3/c31-24(17-3-1-2-16-6-9-33-22(16)17)28-20-13-25-29-21(20)23-26-18-5-4-15(12-19(18)27-23)14-30-7-10-32-11-8-30/h1-3,12-13H,4-11,14H2,(H,25,29)(H,26,27)(H,28,31). The third kappa shape index (κ3) is 3.94. The number of rotatable bonds is 5. The van der Waals surface area contributed by atoms with Crippen LogP contribution in [0.2, 0.25) is 0 Å². The number of benzene rings is 1. The molecular formula is C24H26N6O3. The second-order valence-corrected chi connectivity index (χ2v) is 8.63. The number of aromatic amines is 2. The van der Waals surface area contributed by atoms with Crippen molar-refractivity contribution >= 4 is 17.7 Å². The number of anilines is 1. The highest BCUT2D eigenvalue weighted by atomic mass is 16.5. The molecule has 2 aliphatic heterocycles. The topological polar surface area (TPSA) is 108 Å². The molecule has 4 heterocycles. The predicted octanol–water partition coefficient (Wildman–Crippen LogP) is 2.65. The number of ether oxygens (including phenoxy) is 2. The van der Waals surface area contributed by atoms with Gasteiger partial charge in [-0.05, 0) is 30.5 Å². The van der Waals surface area contributed by atoms with Crippen molar-refractivity contribution in [2.45, 2.75) is 19.3 Å². The number of imidazole rings is 1. The molecule has 0 atom stereocenters. The van der Waals surface area contributed by atoms with Gasteiger partial charge < -0.3 is 19.8 Å². The van der Waals surface area contributed by atoms with Gasteiger partial charge in [0.25, 0.3) is 5.91 Å². The molecule has 1 amide bonds. The van der Waals surface area contributed by atoms with Crippen LogP contribution in [0.5, 0.6) is 5.75 Å². The van der Waals surface area contributed by atoms with Gasteiger partial charge in [-0.1, -0.05) is 17.7 Å². The first kappa shape index (κ1) is 20.2. The number of carbonyl (C=O) groups excluding carboxylic acids is 1. The average molecular weight is 447 g/mol. The highest BCUT2D eigenvalue weighted by Crippen LogP contribution is 2.32. The van der Waals surface area contributed by atoms with Gasteiger partial charge in [0.15, 0.2) is 11.5 Å². The summed E-state index contributed by atoms with van der Waals surface area (Å²) in [6, 6.07) is 5.67. The number of carbonyl (C=O) groups is 1. The van der Waals surface area contributed by atoms with E-state index in [-0.39, 0.29) is 5.91 Å². The van der Waals surface area contributed by atoms with Gasteiger partial charge in [0.1, 0.15) is 5.75 Å². The van der Waals surface area contributed by atoms with Crippen LogP contribution in [0.1, 0.15) is 33.7 Å². The van der Waals surface area contributed by atoms with Crippen LogP contribution in [0, 0.1) is 0 Å². The molecule has 1 saturated heterocycles. The highest BCUT2D eigenvalue weighted by molar-refractivity contribution is 6.07. The quantitative estimate of drug-likeness (QED) is 0.556. The number of aromatic nitrogens is 4. The van der Waals surface area contributed by atoms with Gasteiger partial charge in [0.05, 0.1) is 36.8 Å². The molecular weight excluding hydrogens is 420 g/mol. The molecule has 0 bridgehead atoms. The number of nitrogens with zero attached hydrogens (tertiary/aromatic N) is 3. The van der Waals surface area contributed by atoms with E-state index in [1.807, 2.05) is 12.1 Å². The molecule has 3 N–H and O–H groups in total. The van der Waals surface area contributed by atoms with Crippen LogP contribution >= 0.6 is 0 Å². The molecule has 9 heteroatoms. The van der Waals surface area contributed by atoms with E-state index in [0.29, 0.717) is 35.1 Å². The molecule has 0 spiro atoms. The molecule has 1 aliphatic carbocycles. The Morgan fingerprint density at radius 1 is 1.15 bits per heavy atom. The normalized spacial score (nSPS) is 17.8. The fraction of sp³-hybridized carbons (Fsp3) is 0.375. The van der Waals surface area contributed by atoms with E-state index >= 15 is 0 Å². The second-order valence-electron chi connectivity index (χ2n) is 8.63. The van der Waals surface area contributed by atoms with Crippen LogP contribution < -0.4 is 10.1 Å². The van der Waals surface area contributed by atoms with Crippen LogP contribution in [-0.2, 0) is 17.6 Å². The molecule has 0 unspecified atom stereocenters. The fourth-order valence-electron chi connectivity index (χ4n) is 4.72. The number of H-pyrrole nitrogens is 2. The maximum absolute atomic E-state index is 13.0.